The molecule has 1 aliphatic heterocycles. The molecule has 24 heavy (non-hydrogen) atoms. The number of aliphatic carboxylic acids is 1. The molecule has 1 aromatic heterocycles. The van der Waals surface area contributed by atoms with Crippen LogP contribution in [0.15, 0.2) is 24.4 Å². The van der Waals surface area contributed by atoms with Crippen molar-refractivity contribution in [3.8, 4) is 11.3 Å². The van der Waals surface area contributed by atoms with E-state index in [0.717, 1.165) is 23.8 Å². The monoisotopic (exact) mass is 335 g/mol. The topological polar surface area (TPSA) is 58.4 Å². The number of halogens is 2. The second-order valence-corrected chi connectivity index (χ2v) is 6.19. The van der Waals surface area contributed by atoms with Crippen LogP contribution in [0.5, 0.6) is 0 Å². The number of likely N-dealkylation sites (tertiary alicyclic amines) is 1. The van der Waals surface area contributed by atoms with Crippen LogP contribution in [-0.4, -0.2) is 38.8 Å². The number of rotatable bonds is 4. The molecule has 1 saturated heterocycles. The van der Waals surface area contributed by atoms with E-state index in [2.05, 4.69) is 10.00 Å². The standard InChI is InChI=1S/C17H19F2N3O2/c1-21-9-12(10-22-6-4-11(5-7-22)17(23)24)16(20-21)14-8-13(18)2-3-15(14)19/h2-3,8-9,11H,4-7,10H2,1H3,(H,23,24). The van der Waals surface area contributed by atoms with E-state index in [1.54, 1.807) is 17.9 Å². The first-order valence-electron chi connectivity index (χ1n) is 7.87. The summed E-state index contributed by atoms with van der Waals surface area (Å²) in [4.78, 5) is 13.1. The molecule has 0 spiro atoms. The maximum Gasteiger partial charge on any atom is 0.306 e. The molecule has 1 N–H and O–H groups in total. The van der Waals surface area contributed by atoms with Crippen molar-refractivity contribution >= 4 is 5.97 Å². The molecular formula is C17H19F2N3O2. The minimum atomic E-state index is -0.751. The molecule has 2 heterocycles. The SMILES string of the molecule is Cn1cc(CN2CCC(C(=O)O)CC2)c(-c2cc(F)ccc2F)n1. The average molecular weight is 335 g/mol. The van der Waals surface area contributed by atoms with E-state index < -0.39 is 17.6 Å². The van der Waals surface area contributed by atoms with Gasteiger partial charge in [0, 0.05) is 30.9 Å². The van der Waals surface area contributed by atoms with Gasteiger partial charge in [-0.15, -0.1) is 0 Å². The van der Waals surface area contributed by atoms with E-state index >= 15 is 0 Å². The highest BCUT2D eigenvalue weighted by molar-refractivity contribution is 5.70. The summed E-state index contributed by atoms with van der Waals surface area (Å²) in [7, 11) is 1.74. The van der Waals surface area contributed by atoms with Crippen molar-refractivity contribution < 1.29 is 18.7 Å². The van der Waals surface area contributed by atoms with Crippen LogP contribution in [-0.2, 0) is 18.4 Å². The largest absolute Gasteiger partial charge is 0.481 e. The minimum Gasteiger partial charge on any atom is -0.481 e. The summed E-state index contributed by atoms with van der Waals surface area (Å²) >= 11 is 0. The Morgan fingerprint density at radius 2 is 2.04 bits per heavy atom. The molecule has 0 radical (unpaired) electrons. The van der Waals surface area contributed by atoms with Crippen molar-refractivity contribution in [1.82, 2.24) is 14.7 Å². The number of nitrogens with zero attached hydrogens (tertiary/aromatic N) is 3. The van der Waals surface area contributed by atoms with Crippen molar-refractivity contribution in [3.05, 3.63) is 41.6 Å². The van der Waals surface area contributed by atoms with Gasteiger partial charge >= 0.3 is 5.97 Å². The number of piperidine rings is 1. The quantitative estimate of drug-likeness (QED) is 0.933. The lowest BCUT2D eigenvalue weighted by Crippen LogP contribution is -2.35. The van der Waals surface area contributed by atoms with Gasteiger partial charge in [-0.3, -0.25) is 14.4 Å². The summed E-state index contributed by atoms with van der Waals surface area (Å²) in [5, 5.41) is 13.3. The zero-order chi connectivity index (χ0) is 17.3. The number of aryl methyl sites for hydroxylation is 1. The molecule has 5 nitrogen and oxygen atoms in total. The van der Waals surface area contributed by atoms with E-state index in [1.165, 1.54) is 0 Å². The first-order valence-corrected chi connectivity index (χ1v) is 7.87. The van der Waals surface area contributed by atoms with Crippen molar-refractivity contribution in [2.75, 3.05) is 13.1 Å². The Morgan fingerprint density at radius 1 is 1.33 bits per heavy atom. The number of carboxylic acids is 1. The van der Waals surface area contributed by atoms with Crippen LogP contribution in [0.2, 0.25) is 0 Å². The first kappa shape index (κ1) is 16.6. The molecule has 0 aliphatic carbocycles. The fraction of sp³-hybridized carbons (Fsp3) is 0.412. The summed E-state index contributed by atoms with van der Waals surface area (Å²) in [6.07, 6.45) is 2.99. The van der Waals surface area contributed by atoms with Gasteiger partial charge in [-0.1, -0.05) is 0 Å². The number of carbonyl (C=O) groups is 1. The molecule has 0 atom stereocenters. The van der Waals surface area contributed by atoms with Gasteiger partial charge in [0.15, 0.2) is 0 Å². The van der Waals surface area contributed by atoms with Gasteiger partial charge in [-0.25, -0.2) is 8.78 Å². The summed E-state index contributed by atoms with van der Waals surface area (Å²) in [5.74, 6) is -2.07. The Kier molecular flexibility index (Phi) is 4.62. The average Bonchev–Trinajstić information content (AvgIpc) is 2.90. The fourth-order valence-corrected chi connectivity index (χ4v) is 3.14. The molecule has 1 fully saturated rings. The van der Waals surface area contributed by atoms with Gasteiger partial charge < -0.3 is 5.11 Å². The third kappa shape index (κ3) is 3.46. The summed E-state index contributed by atoms with van der Waals surface area (Å²) < 4.78 is 29.1. The third-order valence-corrected chi connectivity index (χ3v) is 4.42. The smallest absolute Gasteiger partial charge is 0.306 e. The Balaban J connectivity index is 1.80. The Morgan fingerprint density at radius 3 is 2.71 bits per heavy atom. The lowest BCUT2D eigenvalue weighted by atomic mass is 9.96. The molecule has 0 amide bonds. The molecule has 0 bridgehead atoms. The molecule has 7 heteroatoms. The Bertz CT molecular complexity index is 752. The molecule has 1 aliphatic rings. The summed E-state index contributed by atoms with van der Waals surface area (Å²) in [6, 6.07) is 3.33. The zero-order valence-electron chi connectivity index (χ0n) is 13.4. The maximum absolute atomic E-state index is 14.1. The van der Waals surface area contributed by atoms with Crippen LogP contribution in [0.25, 0.3) is 11.3 Å². The summed E-state index contributed by atoms with van der Waals surface area (Å²) in [6.45, 7) is 1.86. The molecule has 1 aromatic carbocycles. The molecule has 3 rings (SSSR count). The predicted molar refractivity (Wildman–Crippen MR) is 84.2 cm³/mol. The van der Waals surface area contributed by atoms with Crippen LogP contribution >= 0.6 is 0 Å². The molecule has 0 unspecified atom stereocenters. The van der Waals surface area contributed by atoms with E-state index in [4.69, 9.17) is 5.11 Å². The molecule has 0 saturated carbocycles. The zero-order valence-corrected chi connectivity index (χ0v) is 13.4. The van der Waals surface area contributed by atoms with Gasteiger partial charge in [-0.2, -0.15) is 5.10 Å². The van der Waals surface area contributed by atoms with E-state index in [1.807, 2.05) is 0 Å². The van der Waals surface area contributed by atoms with Gasteiger partial charge in [0.2, 0.25) is 0 Å². The van der Waals surface area contributed by atoms with Crippen molar-refractivity contribution in [2.45, 2.75) is 19.4 Å². The normalized spacial score (nSPS) is 16.5. The van der Waals surface area contributed by atoms with Gasteiger partial charge in [-0.05, 0) is 44.1 Å². The predicted octanol–water partition coefficient (Wildman–Crippen LogP) is 2.66. The van der Waals surface area contributed by atoms with Gasteiger partial charge in [0.25, 0.3) is 0 Å². The van der Waals surface area contributed by atoms with Crippen LogP contribution in [0.1, 0.15) is 18.4 Å². The highest BCUT2D eigenvalue weighted by atomic mass is 19.1. The molecular weight excluding hydrogens is 316 g/mol. The van der Waals surface area contributed by atoms with E-state index in [9.17, 15) is 13.6 Å². The van der Waals surface area contributed by atoms with Crippen LogP contribution < -0.4 is 0 Å². The number of hydrogen-bond acceptors (Lipinski definition) is 3. The first-order chi connectivity index (χ1) is 11.4. The van der Waals surface area contributed by atoms with Gasteiger partial charge in [0.1, 0.15) is 11.6 Å². The third-order valence-electron chi connectivity index (χ3n) is 4.42. The van der Waals surface area contributed by atoms with E-state index in [-0.39, 0.29) is 11.5 Å². The van der Waals surface area contributed by atoms with Crippen molar-refractivity contribution in [3.63, 3.8) is 0 Å². The molecule has 128 valence electrons. The Labute approximate surface area is 138 Å². The lowest BCUT2D eigenvalue weighted by Gasteiger charge is -2.29. The fourth-order valence-electron chi connectivity index (χ4n) is 3.14. The lowest BCUT2D eigenvalue weighted by molar-refractivity contribution is -0.143. The highest BCUT2D eigenvalue weighted by Crippen LogP contribution is 2.28. The number of aromatic nitrogens is 2. The number of carboxylic acid groups (broad SMARTS) is 1. The van der Waals surface area contributed by atoms with E-state index in [0.29, 0.717) is 38.2 Å². The summed E-state index contributed by atoms with van der Waals surface area (Å²) in [5.41, 5.74) is 1.37. The second kappa shape index (κ2) is 6.68. The number of benzene rings is 1. The van der Waals surface area contributed by atoms with Gasteiger partial charge in [0.05, 0.1) is 11.6 Å². The second-order valence-electron chi connectivity index (χ2n) is 6.19. The van der Waals surface area contributed by atoms with Crippen LogP contribution in [0.4, 0.5) is 8.78 Å². The number of hydrogen-bond donors (Lipinski definition) is 1. The van der Waals surface area contributed by atoms with Crippen LogP contribution in [0, 0.1) is 17.6 Å². The Hall–Kier alpha value is -2.28. The van der Waals surface area contributed by atoms with Crippen molar-refractivity contribution in [2.24, 2.45) is 13.0 Å². The van der Waals surface area contributed by atoms with Crippen LogP contribution in [0.3, 0.4) is 0 Å². The highest BCUT2D eigenvalue weighted by Gasteiger charge is 2.25. The molecule has 2 aromatic rings. The maximum atomic E-state index is 14.1. The minimum absolute atomic E-state index is 0.144. The van der Waals surface area contributed by atoms with Crippen molar-refractivity contribution in [1.29, 1.82) is 0 Å².